The lowest BCUT2D eigenvalue weighted by Crippen LogP contribution is -2.56. The molecule has 0 saturated carbocycles. The number of hydrogen-bond donors (Lipinski definition) is 6. The maximum absolute atomic E-state index is 12.2. The first-order valence-electron chi connectivity index (χ1n) is 7.61. The van der Waals surface area contributed by atoms with Crippen molar-refractivity contribution < 1.29 is 29.1 Å². The van der Waals surface area contributed by atoms with Crippen LogP contribution in [0.4, 0.5) is 0 Å². The average molecular weight is 359 g/mol. The van der Waals surface area contributed by atoms with Gasteiger partial charge in [-0.3, -0.25) is 19.2 Å². The maximum Gasteiger partial charge on any atom is 0.326 e. The molecule has 3 unspecified atom stereocenters. The van der Waals surface area contributed by atoms with Crippen LogP contribution in [0, 0.1) is 5.92 Å². The highest BCUT2D eigenvalue weighted by atomic mass is 16.4. The molecule has 3 atom stereocenters. The van der Waals surface area contributed by atoms with Gasteiger partial charge in [-0.25, -0.2) is 4.79 Å². The quantitative estimate of drug-likeness (QED) is 0.227. The minimum absolute atomic E-state index is 0.0458. The van der Waals surface area contributed by atoms with Crippen LogP contribution in [0.2, 0.25) is 0 Å². The molecule has 11 heteroatoms. The Hall–Kier alpha value is -2.69. The molecule has 142 valence electrons. The van der Waals surface area contributed by atoms with Crippen molar-refractivity contribution in [2.45, 2.75) is 51.2 Å². The molecule has 11 nitrogen and oxygen atoms in total. The third-order valence-electron chi connectivity index (χ3n) is 3.31. The molecule has 4 amide bonds. The summed E-state index contributed by atoms with van der Waals surface area (Å²) in [7, 11) is 0. The number of rotatable bonds is 11. The van der Waals surface area contributed by atoms with E-state index in [1.807, 2.05) is 0 Å². The molecule has 0 spiro atoms. The zero-order chi connectivity index (χ0) is 19.7. The van der Waals surface area contributed by atoms with Gasteiger partial charge in [0.1, 0.15) is 12.1 Å². The van der Waals surface area contributed by atoms with Crippen molar-refractivity contribution in [3.63, 3.8) is 0 Å². The van der Waals surface area contributed by atoms with Crippen LogP contribution >= 0.6 is 0 Å². The normalized spacial score (nSPS) is 14.2. The van der Waals surface area contributed by atoms with Gasteiger partial charge in [-0.2, -0.15) is 0 Å². The van der Waals surface area contributed by atoms with E-state index in [1.165, 1.54) is 0 Å². The molecule has 0 fully saturated rings. The monoisotopic (exact) mass is 359 g/mol. The molecule has 0 rings (SSSR count). The van der Waals surface area contributed by atoms with E-state index >= 15 is 0 Å². The van der Waals surface area contributed by atoms with Gasteiger partial charge in [0.25, 0.3) is 0 Å². The Kier molecular flexibility index (Phi) is 9.13. The lowest BCUT2D eigenvalue weighted by molar-refractivity contribution is -0.143. The number of carbonyl (C=O) groups is 5. The summed E-state index contributed by atoms with van der Waals surface area (Å²) in [4.78, 5) is 57.1. The highest BCUT2D eigenvalue weighted by molar-refractivity contribution is 5.94. The van der Waals surface area contributed by atoms with Gasteiger partial charge in [-0.1, -0.05) is 13.8 Å². The molecule has 0 aromatic heterocycles. The molecule has 25 heavy (non-hydrogen) atoms. The summed E-state index contributed by atoms with van der Waals surface area (Å²) in [5.74, 6) is -4.87. The zero-order valence-electron chi connectivity index (χ0n) is 14.2. The van der Waals surface area contributed by atoms with Crippen molar-refractivity contribution in [3.05, 3.63) is 0 Å². The van der Waals surface area contributed by atoms with Crippen LogP contribution in [-0.2, 0) is 24.0 Å². The number of carboxylic acid groups (broad SMARTS) is 1. The van der Waals surface area contributed by atoms with Gasteiger partial charge in [0.15, 0.2) is 0 Å². The molecule has 0 saturated heterocycles. The second-order valence-electron chi connectivity index (χ2n) is 5.91. The fraction of sp³-hybridized carbons (Fsp3) is 0.643. The van der Waals surface area contributed by atoms with Crippen LogP contribution in [0.5, 0.6) is 0 Å². The molecule has 0 bridgehead atoms. The van der Waals surface area contributed by atoms with Crippen molar-refractivity contribution in [1.29, 1.82) is 0 Å². The standard InChI is InChI=1S/C14H25N5O6/c1-6(2)11(14(24)25)19-13(23)8(5-10(17)21)18-12(22)7(15)3-4-9(16)20/h6-8,11H,3-5,15H2,1-2H3,(H2,16,20)(H2,17,21)(H,18,22)(H,19,23)(H,24,25). The Labute approximate surface area is 144 Å². The second kappa shape index (κ2) is 10.2. The predicted octanol–water partition coefficient (Wildman–Crippen LogP) is -2.84. The molecule has 0 aromatic rings. The van der Waals surface area contributed by atoms with E-state index in [9.17, 15) is 24.0 Å². The molecule has 9 N–H and O–H groups in total. The topological polar surface area (TPSA) is 208 Å². The van der Waals surface area contributed by atoms with Crippen molar-refractivity contribution in [1.82, 2.24) is 10.6 Å². The minimum Gasteiger partial charge on any atom is -0.480 e. The number of aliphatic carboxylic acids is 1. The van der Waals surface area contributed by atoms with E-state index in [2.05, 4.69) is 10.6 Å². The first-order valence-corrected chi connectivity index (χ1v) is 7.61. The Morgan fingerprint density at radius 2 is 1.52 bits per heavy atom. The van der Waals surface area contributed by atoms with Crippen molar-refractivity contribution in [2.75, 3.05) is 0 Å². The third kappa shape index (κ3) is 8.65. The van der Waals surface area contributed by atoms with Crippen LogP contribution in [0.15, 0.2) is 0 Å². The number of nitrogens with two attached hydrogens (primary N) is 3. The fourth-order valence-corrected chi connectivity index (χ4v) is 1.89. The average Bonchev–Trinajstić information content (AvgIpc) is 2.47. The summed E-state index contributed by atoms with van der Waals surface area (Å²) in [5.41, 5.74) is 15.6. The summed E-state index contributed by atoms with van der Waals surface area (Å²) in [5, 5.41) is 13.6. The first-order chi connectivity index (χ1) is 11.5. The van der Waals surface area contributed by atoms with Gasteiger partial charge in [-0.05, 0) is 12.3 Å². The molecule has 0 aliphatic carbocycles. The lowest BCUT2D eigenvalue weighted by Gasteiger charge is -2.23. The van der Waals surface area contributed by atoms with E-state index in [0.717, 1.165) is 0 Å². The van der Waals surface area contributed by atoms with Crippen LogP contribution < -0.4 is 27.8 Å². The number of nitrogens with one attached hydrogen (secondary N) is 2. The number of hydrogen-bond acceptors (Lipinski definition) is 6. The summed E-state index contributed by atoms with van der Waals surface area (Å²) in [6.07, 6.45) is -0.712. The fourth-order valence-electron chi connectivity index (χ4n) is 1.89. The van der Waals surface area contributed by atoms with E-state index in [0.29, 0.717) is 0 Å². The van der Waals surface area contributed by atoms with Gasteiger partial charge in [0.2, 0.25) is 23.6 Å². The molecule has 0 aromatic carbocycles. The SMILES string of the molecule is CC(C)C(NC(=O)C(CC(N)=O)NC(=O)C(N)CCC(N)=O)C(=O)O. The van der Waals surface area contributed by atoms with Crippen molar-refractivity contribution >= 4 is 29.6 Å². The zero-order valence-corrected chi connectivity index (χ0v) is 14.2. The van der Waals surface area contributed by atoms with Crippen LogP contribution in [0.1, 0.15) is 33.1 Å². The Bertz CT molecular complexity index is 536. The Morgan fingerprint density at radius 1 is 0.960 bits per heavy atom. The second-order valence-corrected chi connectivity index (χ2v) is 5.91. The summed E-state index contributed by atoms with van der Waals surface area (Å²) >= 11 is 0. The summed E-state index contributed by atoms with van der Waals surface area (Å²) in [6.45, 7) is 3.17. The first kappa shape index (κ1) is 22.3. The predicted molar refractivity (Wildman–Crippen MR) is 86.6 cm³/mol. The minimum atomic E-state index is -1.38. The van der Waals surface area contributed by atoms with Gasteiger partial charge < -0.3 is 32.9 Å². The molecule has 0 aliphatic rings. The number of primary amides is 2. The van der Waals surface area contributed by atoms with E-state index in [-0.39, 0.29) is 12.8 Å². The van der Waals surface area contributed by atoms with Crippen LogP contribution in [0.25, 0.3) is 0 Å². The molecule has 0 heterocycles. The summed E-state index contributed by atoms with van der Waals surface area (Å²) in [6, 6.07) is -3.72. The lowest BCUT2D eigenvalue weighted by atomic mass is 10.0. The maximum atomic E-state index is 12.2. The molecule has 0 aliphatic heterocycles. The Morgan fingerprint density at radius 3 is 1.92 bits per heavy atom. The molecular formula is C14H25N5O6. The highest BCUT2D eigenvalue weighted by Gasteiger charge is 2.30. The van der Waals surface area contributed by atoms with Gasteiger partial charge >= 0.3 is 5.97 Å². The largest absolute Gasteiger partial charge is 0.480 e. The van der Waals surface area contributed by atoms with Gasteiger partial charge in [0, 0.05) is 6.42 Å². The van der Waals surface area contributed by atoms with Crippen LogP contribution in [0.3, 0.4) is 0 Å². The van der Waals surface area contributed by atoms with Crippen LogP contribution in [-0.4, -0.2) is 52.8 Å². The van der Waals surface area contributed by atoms with Crippen molar-refractivity contribution in [2.24, 2.45) is 23.1 Å². The summed E-state index contributed by atoms with van der Waals surface area (Å²) < 4.78 is 0. The van der Waals surface area contributed by atoms with E-state index < -0.39 is 60.1 Å². The third-order valence-corrected chi connectivity index (χ3v) is 3.31. The number of carbonyl (C=O) groups excluding carboxylic acids is 4. The van der Waals surface area contributed by atoms with Gasteiger partial charge in [0.05, 0.1) is 12.5 Å². The van der Waals surface area contributed by atoms with Gasteiger partial charge in [-0.15, -0.1) is 0 Å². The van der Waals surface area contributed by atoms with Crippen molar-refractivity contribution in [3.8, 4) is 0 Å². The highest BCUT2D eigenvalue weighted by Crippen LogP contribution is 2.04. The molecular weight excluding hydrogens is 334 g/mol. The Balaban J connectivity index is 5.01. The van der Waals surface area contributed by atoms with E-state index in [4.69, 9.17) is 22.3 Å². The smallest absolute Gasteiger partial charge is 0.326 e. The number of amides is 4. The van der Waals surface area contributed by atoms with E-state index in [1.54, 1.807) is 13.8 Å². The molecule has 0 radical (unpaired) electrons. The number of carboxylic acids is 1.